The lowest BCUT2D eigenvalue weighted by Crippen LogP contribution is -2.55. The van der Waals surface area contributed by atoms with Crippen molar-refractivity contribution in [1.29, 1.82) is 0 Å². The van der Waals surface area contributed by atoms with E-state index >= 15 is 0 Å². The van der Waals surface area contributed by atoms with Crippen LogP contribution in [-0.2, 0) is 11.3 Å². The van der Waals surface area contributed by atoms with E-state index in [-0.39, 0.29) is 0 Å². The Morgan fingerprint density at radius 1 is 0.762 bits per heavy atom. The van der Waals surface area contributed by atoms with Gasteiger partial charge in [0.25, 0.3) is 11.4 Å². The summed E-state index contributed by atoms with van der Waals surface area (Å²) < 4.78 is 0. The molecule has 1 aromatic heterocycles. The Labute approximate surface area is 112 Å². The molecular weight excluding hydrogens is 298 g/mol. The van der Waals surface area contributed by atoms with Crippen molar-refractivity contribution in [2.24, 2.45) is 0 Å². The van der Waals surface area contributed by atoms with E-state index in [2.05, 4.69) is 10.2 Å². The van der Waals surface area contributed by atoms with Crippen LogP contribution in [0.1, 0.15) is 24.2 Å². The molecule has 0 unspecified atom stereocenters. The van der Waals surface area contributed by atoms with E-state index < -0.39 is 55.2 Å². The summed E-state index contributed by atoms with van der Waals surface area (Å²) in [5, 5.41) is 52.4. The molecule has 0 spiro atoms. The molecule has 15 nitrogen and oxygen atoms in total. The Morgan fingerprint density at radius 2 is 1.05 bits per heavy atom. The smallest absolute Gasteiger partial charge is 0.258 e. The van der Waals surface area contributed by atoms with Gasteiger partial charge in [0.15, 0.2) is 0 Å². The summed E-state index contributed by atoms with van der Waals surface area (Å²) in [6.07, 6.45) is -2.12. The van der Waals surface area contributed by atoms with Crippen molar-refractivity contribution < 1.29 is 19.7 Å². The first-order chi connectivity index (χ1) is 9.71. The maximum Gasteiger partial charge on any atom is 0.505 e. The van der Waals surface area contributed by atoms with E-state index in [1.807, 2.05) is 0 Å². The van der Waals surface area contributed by atoms with Crippen LogP contribution in [0.2, 0.25) is 0 Å². The van der Waals surface area contributed by atoms with Crippen LogP contribution in [0.25, 0.3) is 0 Å². The Hall–Kier alpha value is -3.26. The highest BCUT2D eigenvalue weighted by Crippen LogP contribution is 2.45. The van der Waals surface area contributed by atoms with Crippen LogP contribution >= 0.6 is 0 Å². The first-order valence-corrected chi connectivity index (χ1v) is 5.21. The zero-order valence-electron chi connectivity index (χ0n) is 9.86. The number of aromatic amines is 1. The third-order valence-corrected chi connectivity index (χ3v) is 3.34. The number of hydrogen-bond donors (Lipinski definition) is 1. The molecule has 1 N–H and O–H groups in total. The van der Waals surface area contributed by atoms with Crippen LogP contribution in [0.4, 0.5) is 0 Å². The lowest BCUT2D eigenvalue weighted by atomic mass is 9.83. The Morgan fingerprint density at radius 3 is 1.29 bits per heavy atom. The van der Waals surface area contributed by atoms with Gasteiger partial charge in [0.05, 0.1) is 0 Å². The largest absolute Gasteiger partial charge is 0.505 e. The molecule has 0 aliphatic heterocycles. The van der Waals surface area contributed by atoms with Gasteiger partial charge in [-0.25, -0.2) is 0 Å². The molecule has 0 fully saturated rings. The molecule has 1 aliphatic rings. The predicted molar refractivity (Wildman–Crippen MR) is 57.0 cm³/mol. The molecule has 1 aromatic rings. The van der Waals surface area contributed by atoms with Gasteiger partial charge in [0, 0.05) is 0 Å². The molecule has 0 atom stereocenters. The lowest BCUT2D eigenvalue weighted by Gasteiger charge is -2.24. The van der Waals surface area contributed by atoms with Gasteiger partial charge in [-0.15, -0.1) is 10.2 Å². The summed E-state index contributed by atoms with van der Waals surface area (Å²) in [7, 11) is 0. The fourth-order valence-electron chi connectivity index (χ4n) is 2.22. The lowest BCUT2D eigenvalue weighted by molar-refractivity contribution is -0.839. The second-order valence-corrected chi connectivity index (χ2v) is 4.18. The number of aromatic nitrogens is 3. The summed E-state index contributed by atoms with van der Waals surface area (Å²) in [6, 6.07) is 0. The fraction of sp³-hybridized carbons (Fsp3) is 0.667. The highest BCUT2D eigenvalue weighted by molar-refractivity contribution is 5.23. The molecule has 0 amide bonds. The number of nitrogens with zero attached hydrogens (tertiary/aromatic N) is 6. The quantitative estimate of drug-likeness (QED) is 0.406. The van der Waals surface area contributed by atoms with Gasteiger partial charge in [0.2, 0.25) is 0 Å². The second kappa shape index (κ2) is 4.12. The van der Waals surface area contributed by atoms with Crippen molar-refractivity contribution in [3.63, 3.8) is 0 Å². The normalized spacial score (nSPS) is 18.5. The van der Waals surface area contributed by atoms with Crippen molar-refractivity contribution in [2.45, 2.75) is 24.2 Å². The van der Waals surface area contributed by atoms with Crippen LogP contribution in [0.15, 0.2) is 0 Å². The topological polar surface area (TPSA) is 214 Å². The molecule has 1 heterocycles. The standard InChI is InChI=1S/C6H5N7O8/c14-10(15)5(11(16)17)1-2-6(12(18)19,13(20)21)4-3(5)7-9-8-4/h1-2H2,(H,7,8,9). The number of hydrogen-bond acceptors (Lipinski definition) is 10. The van der Waals surface area contributed by atoms with Gasteiger partial charge in [0.1, 0.15) is 32.5 Å². The Bertz CT molecular complexity index is 583. The maximum absolute atomic E-state index is 11.1. The average molecular weight is 303 g/mol. The van der Waals surface area contributed by atoms with Crippen molar-refractivity contribution in [3.05, 3.63) is 51.8 Å². The Kier molecular flexibility index (Phi) is 2.77. The average Bonchev–Trinajstić information content (AvgIpc) is 2.85. The predicted octanol–water partition coefficient (Wildman–Crippen LogP) is -0.989. The molecule has 1 aliphatic carbocycles. The summed E-state index contributed by atoms with van der Waals surface area (Å²) in [5.41, 5.74) is -8.07. The minimum Gasteiger partial charge on any atom is -0.258 e. The first-order valence-electron chi connectivity index (χ1n) is 5.21. The highest BCUT2D eigenvalue weighted by atomic mass is 16.7. The van der Waals surface area contributed by atoms with Crippen molar-refractivity contribution >= 4 is 0 Å². The van der Waals surface area contributed by atoms with Gasteiger partial charge in [-0.2, -0.15) is 5.21 Å². The third kappa shape index (κ3) is 1.47. The van der Waals surface area contributed by atoms with Gasteiger partial charge >= 0.3 is 11.3 Å². The van der Waals surface area contributed by atoms with Crippen molar-refractivity contribution in [2.75, 3.05) is 0 Å². The van der Waals surface area contributed by atoms with E-state index in [9.17, 15) is 40.5 Å². The first kappa shape index (κ1) is 14.2. The van der Waals surface area contributed by atoms with E-state index in [1.54, 1.807) is 5.21 Å². The molecule has 112 valence electrons. The number of rotatable bonds is 4. The number of fused-ring (bicyclic) bond motifs is 1. The van der Waals surface area contributed by atoms with Crippen molar-refractivity contribution in [1.82, 2.24) is 15.4 Å². The summed E-state index contributed by atoms with van der Waals surface area (Å²) >= 11 is 0. The molecule has 21 heavy (non-hydrogen) atoms. The summed E-state index contributed by atoms with van der Waals surface area (Å²) in [6.45, 7) is 0. The second-order valence-electron chi connectivity index (χ2n) is 4.18. The van der Waals surface area contributed by atoms with Crippen LogP contribution in [0.3, 0.4) is 0 Å². The minimum atomic E-state index is -3.00. The van der Waals surface area contributed by atoms with Gasteiger partial charge < -0.3 is 0 Å². The van der Waals surface area contributed by atoms with Crippen LogP contribution in [-0.4, -0.2) is 35.1 Å². The molecule has 0 saturated heterocycles. The van der Waals surface area contributed by atoms with Crippen molar-refractivity contribution in [3.8, 4) is 0 Å². The molecule has 0 radical (unpaired) electrons. The van der Waals surface area contributed by atoms with Gasteiger partial charge in [-0.05, 0) is 0 Å². The van der Waals surface area contributed by atoms with Gasteiger partial charge in [-0.1, -0.05) is 0 Å². The molecule has 0 bridgehead atoms. The number of nitro groups is 4. The zero-order chi connectivity index (χ0) is 16.0. The minimum absolute atomic E-state index is 1.03. The van der Waals surface area contributed by atoms with Crippen LogP contribution in [0.5, 0.6) is 0 Å². The number of H-pyrrole nitrogens is 1. The van der Waals surface area contributed by atoms with Crippen LogP contribution < -0.4 is 0 Å². The Balaban J connectivity index is 2.80. The molecular formula is C6H5N7O8. The van der Waals surface area contributed by atoms with E-state index in [0.29, 0.717) is 0 Å². The summed E-state index contributed by atoms with van der Waals surface area (Å²) in [4.78, 5) is 39.1. The monoisotopic (exact) mass is 303 g/mol. The molecule has 2 rings (SSSR count). The van der Waals surface area contributed by atoms with Gasteiger partial charge in [-0.3, -0.25) is 40.5 Å². The SMILES string of the molecule is O=[N+]([O-])C1([N+](=O)[O-])CCC([N+](=O)[O-])([N+](=O)[O-])c2n[nH]nc21. The van der Waals surface area contributed by atoms with E-state index in [4.69, 9.17) is 0 Å². The third-order valence-electron chi connectivity index (χ3n) is 3.34. The molecule has 0 saturated carbocycles. The molecule has 0 aromatic carbocycles. The van der Waals surface area contributed by atoms with E-state index in [0.717, 1.165) is 0 Å². The number of nitrogens with one attached hydrogen (secondary N) is 1. The summed E-state index contributed by atoms with van der Waals surface area (Å²) in [5.74, 6) is 0. The zero-order valence-corrected chi connectivity index (χ0v) is 9.86. The highest BCUT2D eigenvalue weighted by Gasteiger charge is 2.76. The molecule has 15 heteroatoms. The van der Waals surface area contributed by atoms with E-state index in [1.165, 1.54) is 0 Å². The maximum atomic E-state index is 11.1. The fourth-order valence-corrected chi connectivity index (χ4v) is 2.22. The van der Waals surface area contributed by atoms with Crippen LogP contribution in [0, 0.1) is 40.5 Å².